The van der Waals surface area contributed by atoms with Crippen LogP contribution in [0.4, 0.5) is 4.39 Å². The van der Waals surface area contributed by atoms with Crippen molar-refractivity contribution in [2.75, 3.05) is 7.11 Å². The number of rotatable bonds is 5. The third kappa shape index (κ3) is 3.92. The number of halogens is 1. The summed E-state index contributed by atoms with van der Waals surface area (Å²) in [6, 6.07) is 12.9. The number of aryl methyl sites for hydroxylation is 1. The summed E-state index contributed by atoms with van der Waals surface area (Å²) in [6.45, 7) is 1.66. The van der Waals surface area contributed by atoms with Gasteiger partial charge in [0.15, 0.2) is 0 Å². The maximum atomic E-state index is 13.7. The highest BCUT2D eigenvalue weighted by Gasteiger charge is 2.13. The van der Waals surface area contributed by atoms with Crippen LogP contribution in [0.25, 0.3) is 15.5 Å². The Kier molecular flexibility index (Phi) is 5.28. The summed E-state index contributed by atoms with van der Waals surface area (Å²) in [5.74, 6) is -0.170. The first-order valence-corrected chi connectivity index (χ1v) is 9.85. The molecule has 0 radical (unpaired) electrons. The van der Waals surface area contributed by atoms with Gasteiger partial charge in [0, 0.05) is 17.2 Å². The lowest BCUT2D eigenvalue weighted by molar-refractivity contribution is 0.0950. The number of nitrogens with zero attached hydrogens (tertiary/aromatic N) is 3. The van der Waals surface area contributed by atoms with Crippen molar-refractivity contribution in [3.8, 4) is 16.3 Å². The second kappa shape index (κ2) is 8.03. The highest BCUT2D eigenvalue weighted by molar-refractivity contribution is 7.19. The monoisotopic (exact) mass is 424 g/mol. The molecule has 0 aliphatic carbocycles. The Morgan fingerprint density at radius 3 is 2.67 bits per heavy atom. The first-order valence-electron chi connectivity index (χ1n) is 9.03. The molecule has 2 heterocycles. The van der Waals surface area contributed by atoms with Gasteiger partial charge in [0.1, 0.15) is 16.6 Å². The van der Waals surface area contributed by atoms with Gasteiger partial charge in [-0.05, 0) is 48.9 Å². The van der Waals surface area contributed by atoms with Crippen molar-refractivity contribution >= 4 is 22.2 Å². The van der Waals surface area contributed by atoms with Crippen LogP contribution in [0.15, 0.2) is 53.3 Å². The average Bonchev–Trinajstić information content (AvgIpc) is 3.19. The lowest BCUT2D eigenvalue weighted by atomic mass is 10.1. The van der Waals surface area contributed by atoms with Crippen molar-refractivity contribution in [1.29, 1.82) is 0 Å². The van der Waals surface area contributed by atoms with E-state index < -0.39 is 11.7 Å². The van der Waals surface area contributed by atoms with Gasteiger partial charge in [0.2, 0.25) is 4.96 Å². The number of nitrogens with one attached hydrogen (secondary N) is 1. The Hall–Kier alpha value is -3.59. The molecule has 0 atom stereocenters. The molecule has 0 saturated heterocycles. The topological polar surface area (TPSA) is 85.6 Å². The number of ether oxygens (including phenoxy) is 1. The van der Waals surface area contributed by atoms with Crippen LogP contribution in [-0.2, 0) is 6.54 Å². The molecule has 4 rings (SSSR count). The number of fused-ring (bicyclic) bond motifs is 1. The SMILES string of the molecule is COc1ccc(-c2nn3c(=O)cc(CNC(=O)c4ccc(C)c(F)c4)nc3s2)cc1. The van der Waals surface area contributed by atoms with E-state index in [1.165, 1.54) is 28.0 Å². The number of carbonyl (C=O) groups excluding carboxylic acids is 1. The van der Waals surface area contributed by atoms with Crippen molar-refractivity contribution in [3.05, 3.63) is 81.5 Å². The summed E-state index contributed by atoms with van der Waals surface area (Å²) < 4.78 is 20.0. The Morgan fingerprint density at radius 1 is 1.20 bits per heavy atom. The summed E-state index contributed by atoms with van der Waals surface area (Å²) in [6.07, 6.45) is 0. The van der Waals surface area contributed by atoms with Crippen molar-refractivity contribution in [2.24, 2.45) is 0 Å². The number of methoxy groups -OCH3 is 1. The Balaban J connectivity index is 1.55. The summed E-state index contributed by atoms with van der Waals surface area (Å²) in [4.78, 5) is 29.5. The van der Waals surface area contributed by atoms with Crippen LogP contribution in [0.1, 0.15) is 21.6 Å². The predicted molar refractivity (Wildman–Crippen MR) is 111 cm³/mol. The molecular weight excluding hydrogens is 407 g/mol. The average molecular weight is 424 g/mol. The molecule has 7 nitrogen and oxygen atoms in total. The molecule has 4 aromatic rings. The normalized spacial score (nSPS) is 10.9. The lowest BCUT2D eigenvalue weighted by Crippen LogP contribution is -2.25. The molecule has 0 saturated carbocycles. The van der Waals surface area contributed by atoms with Crippen LogP contribution >= 0.6 is 11.3 Å². The van der Waals surface area contributed by atoms with Crippen LogP contribution < -0.4 is 15.6 Å². The van der Waals surface area contributed by atoms with Gasteiger partial charge in [-0.15, -0.1) is 0 Å². The molecule has 0 aliphatic heterocycles. The fraction of sp³-hybridized carbons (Fsp3) is 0.143. The van der Waals surface area contributed by atoms with E-state index in [-0.39, 0.29) is 17.7 Å². The second-order valence-corrected chi connectivity index (χ2v) is 7.52. The maximum Gasteiger partial charge on any atom is 0.275 e. The molecule has 9 heteroatoms. The van der Waals surface area contributed by atoms with E-state index in [0.29, 0.717) is 21.2 Å². The molecule has 0 unspecified atom stereocenters. The zero-order valence-electron chi connectivity index (χ0n) is 16.2. The van der Waals surface area contributed by atoms with Gasteiger partial charge in [0.05, 0.1) is 19.3 Å². The van der Waals surface area contributed by atoms with E-state index in [1.54, 1.807) is 26.2 Å². The van der Waals surface area contributed by atoms with E-state index in [2.05, 4.69) is 15.4 Å². The summed E-state index contributed by atoms with van der Waals surface area (Å²) in [5.41, 5.74) is 1.55. The zero-order chi connectivity index (χ0) is 21.3. The van der Waals surface area contributed by atoms with E-state index in [1.807, 2.05) is 24.3 Å². The minimum atomic E-state index is -0.448. The fourth-order valence-electron chi connectivity index (χ4n) is 2.80. The third-order valence-corrected chi connectivity index (χ3v) is 5.46. The van der Waals surface area contributed by atoms with Crippen molar-refractivity contribution in [3.63, 3.8) is 0 Å². The molecule has 2 aromatic carbocycles. The number of aromatic nitrogens is 3. The summed E-state index contributed by atoms with van der Waals surface area (Å²) >= 11 is 1.26. The van der Waals surface area contributed by atoms with E-state index >= 15 is 0 Å². The number of benzene rings is 2. The van der Waals surface area contributed by atoms with Crippen LogP contribution in [0.2, 0.25) is 0 Å². The summed E-state index contributed by atoms with van der Waals surface area (Å²) in [5, 5.41) is 7.63. The molecule has 0 bridgehead atoms. The molecule has 0 spiro atoms. The smallest absolute Gasteiger partial charge is 0.275 e. The zero-order valence-corrected chi connectivity index (χ0v) is 17.0. The minimum absolute atomic E-state index is 0.0375. The van der Waals surface area contributed by atoms with E-state index in [9.17, 15) is 14.0 Å². The van der Waals surface area contributed by atoms with Gasteiger partial charge in [-0.2, -0.15) is 9.61 Å². The minimum Gasteiger partial charge on any atom is -0.497 e. The third-order valence-electron chi connectivity index (χ3n) is 4.50. The molecule has 0 aliphatic rings. The van der Waals surface area contributed by atoms with Crippen molar-refractivity contribution in [2.45, 2.75) is 13.5 Å². The van der Waals surface area contributed by atoms with Gasteiger partial charge in [0.25, 0.3) is 11.5 Å². The number of hydrogen-bond acceptors (Lipinski definition) is 6. The van der Waals surface area contributed by atoms with Crippen LogP contribution in [0.5, 0.6) is 5.75 Å². The largest absolute Gasteiger partial charge is 0.497 e. The Morgan fingerprint density at radius 2 is 1.97 bits per heavy atom. The molecule has 2 aromatic heterocycles. The molecule has 0 fully saturated rings. The van der Waals surface area contributed by atoms with Crippen LogP contribution in [0.3, 0.4) is 0 Å². The Bertz CT molecular complexity index is 1300. The highest BCUT2D eigenvalue weighted by atomic mass is 32.1. The van der Waals surface area contributed by atoms with Crippen LogP contribution in [0, 0.1) is 12.7 Å². The molecular formula is C21H17FN4O3S. The number of amides is 1. The summed E-state index contributed by atoms with van der Waals surface area (Å²) in [7, 11) is 1.59. The first-order chi connectivity index (χ1) is 14.4. The number of hydrogen-bond donors (Lipinski definition) is 1. The van der Waals surface area contributed by atoms with E-state index in [0.717, 1.165) is 11.3 Å². The van der Waals surface area contributed by atoms with Gasteiger partial charge in [-0.3, -0.25) is 9.59 Å². The highest BCUT2D eigenvalue weighted by Crippen LogP contribution is 2.26. The molecule has 152 valence electrons. The van der Waals surface area contributed by atoms with Gasteiger partial charge in [-0.25, -0.2) is 9.37 Å². The first kappa shape index (κ1) is 19.7. The lowest BCUT2D eigenvalue weighted by Gasteiger charge is -2.06. The van der Waals surface area contributed by atoms with Crippen molar-refractivity contribution in [1.82, 2.24) is 19.9 Å². The second-order valence-electron chi connectivity index (χ2n) is 6.56. The maximum absolute atomic E-state index is 13.7. The molecule has 1 amide bonds. The van der Waals surface area contributed by atoms with Crippen LogP contribution in [-0.4, -0.2) is 27.6 Å². The van der Waals surface area contributed by atoms with Gasteiger partial charge in [-0.1, -0.05) is 17.4 Å². The fourth-order valence-corrected chi connectivity index (χ4v) is 3.73. The van der Waals surface area contributed by atoms with Gasteiger partial charge < -0.3 is 10.1 Å². The number of carbonyl (C=O) groups is 1. The van der Waals surface area contributed by atoms with E-state index in [4.69, 9.17) is 4.74 Å². The molecule has 30 heavy (non-hydrogen) atoms. The Labute approximate surface area is 174 Å². The quantitative estimate of drug-likeness (QED) is 0.532. The standard InChI is InChI=1S/C21H17FN4O3S/c1-12-3-4-14(9-17(12)22)19(28)23-11-15-10-18(27)26-21(24-15)30-20(25-26)13-5-7-16(29-2)8-6-13/h3-10H,11H2,1-2H3,(H,23,28). The van der Waals surface area contributed by atoms with Crippen molar-refractivity contribution < 1.29 is 13.9 Å². The molecule has 1 N–H and O–H groups in total. The van der Waals surface area contributed by atoms with Gasteiger partial charge >= 0.3 is 0 Å². The predicted octanol–water partition coefficient (Wildman–Crippen LogP) is 3.20.